The van der Waals surface area contributed by atoms with Crippen LogP contribution in [0, 0.1) is 6.92 Å². The van der Waals surface area contributed by atoms with Crippen LogP contribution in [0.25, 0.3) is 0 Å². The Bertz CT molecular complexity index is 969. The Balaban J connectivity index is 1.75. The minimum Gasteiger partial charge on any atom is -0.348 e. The van der Waals surface area contributed by atoms with Gasteiger partial charge in [0.15, 0.2) is 5.82 Å². The van der Waals surface area contributed by atoms with Crippen molar-refractivity contribution >= 4 is 17.6 Å². The average Bonchev–Trinajstić information content (AvgIpc) is 2.72. The third kappa shape index (κ3) is 4.71. The summed E-state index contributed by atoms with van der Waals surface area (Å²) < 4.78 is 1.33. The number of benzene rings is 1. The monoisotopic (exact) mass is 397 g/mol. The zero-order valence-corrected chi connectivity index (χ0v) is 17.0. The fraction of sp³-hybridized carbons (Fsp3) is 0.429. The first-order chi connectivity index (χ1) is 13.9. The van der Waals surface area contributed by atoms with Gasteiger partial charge in [-0.1, -0.05) is 24.3 Å². The maximum absolute atomic E-state index is 12.7. The van der Waals surface area contributed by atoms with Gasteiger partial charge in [0.1, 0.15) is 6.54 Å². The summed E-state index contributed by atoms with van der Waals surface area (Å²) in [6, 6.07) is 7.59. The molecule has 0 aliphatic heterocycles. The molecule has 0 bridgehead atoms. The smallest absolute Gasteiger partial charge is 0.294 e. The second-order valence-electron chi connectivity index (χ2n) is 7.35. The van der Waals surface area contributed by atoms with E-state index in [0.717, 1.165) is 24.8 Å². The Morgan fingerprint density at radius 1 is 1.31 bits per heavy atom. The zero-order valence-electron chi connectivity index (χ0n) is 17.0. The highest BCUT2D eigenvalue weighted by atomic mass is 16.2. The molecule has 0 saturated heterocycles. The van der Waals surface area contributed by atoms with Crippen LogP contribution in [-0.2, 0) is 22.6 Å². The Hall–Kier alpha value is -3.00. The summed E-state index contributed by atoms with van der Waals surface area (Å²) in [4.78, 5) is 41.5. The van der Waals surface area contributed by atoms with Gasteiger partial charge in [0, 0.05) is 11.9 Å². The van der Waals surface area contributed by atoms with E-state index in [1.54, 1.807) is 20.9 Å². The van der Waals surface area contributed by atoms with Crippen LogP contribution in [0.3, 0.4) is 0 Å². The van der Waals surface area contributed by atoms with Crippen molar-refractivity contribution in [2.75, 3.05) is 12.4 Å². The Morgan fingerprint density at radius 2 is 2.07 bits per heavy atom. The number of aromatic nitrogens is 2. The molecule has 1 aromatic heterocycles. The first kappa shape index (κ1) is 20.7. The van der Waals surface area contributed by atoms with Gasteiger partial charge < -0.3 is 16.0 Å². The van der Waals surface area contributed by atoms with Gasteiger partial charge in [0.05, 0.1) is 12.1 Å². The molecule has 0 radical (unpaired) electrons. The number of amides is 2. The summed E-state index contributed by atoms with van der Waals surface area (Å²) >= 11 is 0. The Morgan fingerprint density at radius 3 is 2.83 bits per heavy atom. The zero-order chi connectivity index (χ0) is 21.0. The summed E-state index contributed by atoms with van der Waals surface area (Å²) in [5.74, 6) is -0.696. The lowest BCUT2D eigenvalue weighted by Gasteiger charge is -2.26. The van der Waals surface area contributed by atoms with Crippen molar-refractivity contribution in [1.29, 1.82) is 0 Å². The van der Waals surface area contributed by atoms with E-state index < -0.39 is 11.6 Å². The van der Waals surface area contributed by atoms with Crippen molar-refractivity contribution in [1.82, 2.24) is 20.2 Å². The van der Waals surface area contributed by atoms with Crippen LogP contribution in [0.4, 0.5) is 5.82 Å². The van der Waals surface area contributed by atoms with E-state index >= 15 is 0 Å². The summed E-state index contributed by atoms with van der Waals surface area (Å²) in [5, 5.41) is 8.37. The molecule has 1 aliphatic carbocycles. The minimum absolute atomic E-state index is 0.0547. The average molecular weight is 397 g/mol. The predicted octanol–water partition coefficient (Wildman–Crippen LogP) is 1.29. The molecule has 2 aromatic rings. The van der Waals surface area contributed by atoms with Gasteiger partial charge in [-0.15, -0.1) is 0 Å². The largest absolute Gasteiger partial charge is 0.348 e. The third-order valence-corrected chi connectivity index (χ3v) is 5.33. The molecule has 3 rings (SSSR count). The van der Waals surface area contributed by atoms with Crippen molar-refractivity contribution in [3.63, 3.8) is 0 Å². The summed E-state index contributed by atoms with van der Waals surface area (Å²) in [6.45, 7) is 3.26. The van der Waals surface area contributed by atoms with Crippen molar-refractivity contribution in [2.45, 2.75) is 51.7 Å². The van der Waals surface area contributed by atoms with E-state index in [4.69, 9.17) is 0 Å². The van der Waals surface area contributed by atoms with Gasteiger partial charge in [0.25, 0.3) is 5.56 Å². The number of carbonyl (C=O) groups is 2. The van der Waals surface area contributed by atoms with Gasteiger partial charge >= 0.3 is 0 Å². The third-order valence-electron chi connectivity index (χ3n) is 5.33. The molecule has 1 aromatic carbocycles. The van der Waals surface area contributed by atoms with Crippen molar-refractivity contribution in [2.24, 2.45) is 0 Å². The van der Waals surface area contributed by atoms with E-state index in [1.807, 2.05) is 18.2 Å². The number of hydrogen-bond donors (Lipinski definition) is 3. The summed E-state index contributed by atoms with van der Waals surface area (Å²) in [6.07, 6.45) is 4.37. The Labute approximate surface area is 169 Å². The first-order valence-corrected chi connectivity index (χ1v) is 9.82. The van der Waals surface area contributed by atoms with Crippen LogP contribution < -0.4 is 21.5 Å². The highest BCUT2D eigenvalue weighted by molar-refractivity contribution is 5.93. The van der Waals surface area contributed by atoms with Gasteiger partial charge in [-0.25, -0.2) is 4.98 Å². The molecule has 29 heavy (non-hydrogen) atoms. The molecule has 0 unspecified atom stereocenters. The molecule has 0 spiro atoms. The van der Waals surface area contributed by atoms with E-state index in [-0.39, 0.29) is 30.2 Å². The van der Waals surface area contributed by atoms with Gasteiger partial charge in [-0.3, -0.25) is 19.0 Å². The number of anilines is 1. The van der Waals surface area contributed by atoms with Gasteiger partial charge in [-0.05, 0) is 51.3 Å². The molecule has 8 heteroatoms. The number of fused-ring (bicyclic) bond motifs is 1. The molecule has 2 atom stereocenters. The van der Waals surface area contributed by atoms with Crippen molar-refractivity contribution < 1.29 is 9.59 Å². The lowest BCUT2D eigenvalue weighted by atomic mass is 9.88. The molecule has 1 heterocycles. The second kappa shape index (κ2) is 9.00. The fourth-order valence-electron chi connectivity index (χ4n) is 3.50. The molecule has 2 amide bonds. The minimum atomic E-state index is -0.499. The fourth-order valence-corrected chi connectivity index (χ4v) is 3.50. The lowest BCUT2D eigenvalue weighted by molar-refractivity contribution is -0.122. The number of rotatable bonds is 6. The van der Waals surface area contributed by atoms with E-state index in [0.29, 0.717) is 5.69 Å². The molecule has 1 aliphatic rings. The van der Waals surface area contributed by atoms with Crippen LogP contribution >= 0.6 is 0 Å². The topological polar surface area (TPSA) is 105 Å². The van der Waals surface area contributed by atoms with Crippen LogP contribution in [0.1, 0.15) is 42.6 Å². The SMILES string of the molecule is CN[C@@H](C)C(=O)Nc1ncc(C)n(CC(=O)N[C@@H]2CCCc3ccccc32)c1=O. The maximum Gasteiger partial charge on any atom is 0.294 e. The number of nitrogens with one attached hydrogen (secondary N) is 3. The summed E-state index contributed by atoms with van der Waals surface area (Å²) in [5.41, 5.74) is 2.44. The molecule has 154 valence electrons. The Kier molecular flexibility index (Phi) is 6.43. The predicted molar refractivity (Wildman–Crippen MR) is 111 cm³/mol. The molecule has 0 fully saturated rings. The number of nitrogens with zero attached hydrogens (tertiary/aromatic N) is 2. The van der Waals surface area contributed by atoms with E-state index in [2.05, 4.69) is 27.0 Å². The number of likely N-dealkylation sites (N-methyl/N-ethyl adjacent to an activating group) is 1. The van der Waals surface area contributed by atoms with Gasteiger partial charge in [-0.2, -0.15) is 0 Å². The highest BCUT2D eigenvalue weighted by Gasteiger charge is 2.22. The number of hydrogen-bond acceptors (Lipinski definition) is 5. The first-order valence-electron chi connectivity index (χ1n) is 9.82. The maximum atomic E-state index is 12.7. The number of carbonyl (C=O) groups excluding carboxylic acids is 2. The molecular weight excluding hydrogens is 370 g/mol. The second-order valence-corrected chi connectivity index (χ2v) is 7.35. The quantitative estimate of drug-likeness (QED) is 0.681. The normalized spacial score (nSPS) is 16.6. The molecule has 3 N–H and O–H groups in total. The molecule has 8 nitrogen and oxygen atoms in total. The van der Waals surface area contributed by atoms with Crippen LogP contribution in [0.15, 0.2) is 35.3 Å². The molecular formula is C21H27N5O3. The van der Waals surface area contributed by atoms with Crippen LogP contribution in [-0.4, -0.2) is 34.5 Å². The van der Waals surface area contributed by atoms with Gasteiger partial charge in [0.2, 0.25) is 11.8 Å². The van der Waals surface area contributed by atoms with Crippen LogP contribution in [0.2, 0.25) is 0 Å². The molecule has 0 saturated carbocycles. The van der Waals surface area contributed by atoms with Crippen molar-refractivity contribution in [3.05, 3.63) is 57.6 Å². The standard InChI is InChI=1S/C21H27N5O3/c1-13-11-23-19(25-20(28)14(2)22-3)21(29)26(13)12-18(27)24-17-10-6-8-15-7-4-5-9-16(15)17/h4-5,7,9,11,14,17,22H,6,8,10,12H2,1-3H3,(H,24,27)(H,23,25,28)/t14-,17+/m0/s1. The highest BCUT2D eigenvalue weighted by Crippen LogP contribution is 2.29. The van der Waals surface area contributed by atoms with E-state index in [9.17, 15) is 14.4 Å². The number of aryl methyl sites for hydroxylation is 2. The van der Waals surface area contributed by atoms with E-state index in [1.165, 1.54) is 16.3 Å². The van der Waals surface area contributed by atoms with Crippen LogP contribution in [0.5, 0.6) is 0 Å². The van der Waals surface area contributed by atoms with Crippen molar-refractivity contribution in [3.8, 4) is 0 Å². The summed E-state index contributed by atoms with van der Waals surface area (Å²) in [7, 11) is 1.65. The lowest BCUT2D eigenvalue weighted by Crippen LogP contribution is -2.40.